The van der Waals surface area contributed by atoms with Crippen molar-refractivity contribution in [2.24, 2.45) is 9.98 Å². The van der Waals surface area contributed by atoms with Crippen molar-refractivity contribution in [1.29, 1.82) is 0 Å². The summed E-state index contributed by atoms with van der Waals surface area (Å²) in [5.41, 5.74) is 7.52. The Balaban J connectivity index is 1.41. The Kier molecular flexibility index (Phi) is 6.38. The topological polar surface area (TPSA) is 56.1 Å². The SMILES string of the molecule is c1ccc(-c2nc(-c3ccccc3)c(C3=N[C@H](c4ccccc4)CO3)cc2C2=N[C@H](c3ccccc3)CO2)cc1. The van der Waals surface area contributed by atoms with Crippen LogP contribution < -0.4 is 0 Å². The van der Waals surface area contributed by atoms with Gasteiger partial charge in [0.2, 0.25) is 11.8 Å². The van der Waals surface area contributed by atoms with E-state index < -0.39 is 0 Å². The maximum absolute atomic E-state index is 6.25. The molecule has 4 aromatic carbocycles. The molecule has 5 heteroatoms. The van der Waals surface area contributed by atoms with Gasteiger partial charge in [0.05, 0.1) is 22.5 Å². The monoisotopic (exact) mass is 521 g/mol. The molecule has 0 spiro atoms. The highest BCUT2D eigenvalue weighted by Gasteiger charge is 2.30. The highest BCUT2D eigenvalue weighted by molar-refractivity contribution is 6.07. The van der Waals surface area contributed by atoms with Gasteiger partial charge in [0, 0.05) is 11.1 Å². The van der Waals surface area contributed by atoms with Crippen LogP contribution in [0.2, 0.25) is 0 Å². The molecule has 5 nitrogen and oxygen atoms in total. The number of benzene rings is 4. The summed E-state index contributed by atoms with van der Waals surface area (Å²) in [6, 6.07) is 42.9. The minimum Gasteiger partial charge on any atom is -0.475 e. The third-order valence-electron chi connectivity index (χ3n) is 7.25. The Morgan fingerprint density at radius 2 is 0.850 bits per heavy atom. The number of rotatable bonds is 6. The van der Waals surface area contributed by atoms with Gasteiger partial charge in [-0.25, -0.2) is 15.0 Å². The summed E-state index contributed by atoms with van der Waals surface area (Å²) >= 11 is 0. The fourth-order valence-electron chi connectivity index (χ4n) is 5.21. The van der Waals surface area contributed by atoms with Crippen LogP contribution in [0.15, 0.2) is 137 Å². The van der Waals surface area contributed by atoms with Crippen LogP contribution in [-0.2, 0) is 9.47 Å². The normalized spacial score (nSPS) is 18.0. The number of aliphatic imine (C=N–C) groups is 2. The fraction of sp³-hybridized carbons (Fsp3) is 0.114. The minimum absolute atomic E-state index is 0.0698. The second-order valence-corrected chi connectivity index (χ2v) is 9.86. The van der Waals surface area contributed by atoms with Crippen molar-refractivity contribution >= 4 is 11.8 Å². The molecule has 0 amide bonds. The molecule has 1 aromatic heterocycles. The molecular weight excluding hydrogens is 494 g/mol. The van der Waals surface area contributed by atoms with Crippen LogP contribution in [0.3, 0.4) is 0 Å². The minimum atomic E-state index is -0.0698. The van der Waals surface area contributed by atoms with Crippen molar-refractivity contribution < 1.29 is 9.47 Å². The zero-order valence-electron chi connectivity index (χ0n) is 21.9. The first kappa shape index (κ1) is 24.0. The first-order chi connectivity index (χ1) is 19.8. The number of hydrogen-bond acceptors (Lipinski definition) is 5. The average molecular weight is 522 g/mol. The van der Waals surface area contributed by atoms with Gasteiger partial charge in [-0.05, 0) is 17.2 Å². The quantitative estimate of drug-likeness (QED) is 0.233. The molecule has 0 radical (unpaired) electrons. The van der Waals surface area contributed by atoms with E-state index in [9.17, 15) is 0 Å². The van der Waals surface area contributed by atoms with E-state index in [4.69, 9.17) is 24.4 Å². The average Bonchev–Trinajstić information content (AvgIpc) is 3.73. The molecule has 0 fully saturated rings. The zero-order chi connectivity index (χ0) is 26.7. The van der Waals surface area contributed by atoms with Gasteiger partial charge in [0.25, 0.3) is 0 Å². The number of pyridine rings is 1. The molecule has 0 unspecified atom stereocenters. The highest BCUT2D eigenvalue weighted by Crippen LogP contribution is 2.35. The lowest BCUT2D eigenvalue weighted by Gasteiger charge is -2.16. The number of ether oxygens (including phenoxy) is 2. The first-order valence-electron chi connectivity index (χ1n) is 13.5. The summed E-state index contributed by atoms with van der Waals surface area (Å²) in [7, 11) is 0. The van der Waals surface area contributed by atoms with Gasteiger partial charge in [-0.1, -0.05) is 121 Å². The third-order valence-corrected chi connectivity index (χ3v) is 7.25. The molecule has 5 aromatic rings. The fourth-order valence-corrected chi connectivity index (χ4v) is 5.21. The predicted molar refractivity (Wildman–Crippen MR) is 158 cm³/mol. The molecule has 0 bridgehead atoms. The predicted octanol–water partition coefficient (Wildman–Crippen LogP) is 7.45. The van der Waals surface area contributed by atoms with Crippen LogP contribution in [0.1, 0.15) is 34.3 Å². The van der Waals surface area contributed by atoms with E-state index in [1.54, 1.807) is 0 Å². The molecule has 3 heterocycles. The van der Waals surface area contributed by atoms with E-state index in [2.05, 4.69) is 54.6 Å². The summed E-state index contributed by atoms with van der Waals surface area (Å²) in [6.07, 6.45) is 0. The molecule has 194 valence electrons. The van der Waals surface area contributed by atoms with E-state index in [-0.39, 0.29) is 12.1 Å². The molecule has 0 aliphatic carbocycles. The van der Waals surface area contributed by atoms with Crippen LogP contribution in [0.4, 0.5) is 0 Å². The molecule has 40 heavy (non-hydrogen) atoms. The van der Waals surface area contributed by atoms with E-state index in [1.165, 1.54) is 0 Å². The van der Waals surface area contributed by atoms with Gasteiger partial charge in [0.15, 0.2) is 0 Å². The van der Waals surface area contributed by atoms with Gasteiger partial charge in [-0.2, -0.15) is 0 Å². The molecular formula is C35H27N3O2. The molecule has 2 atom stereocenters. The lowest BCUT2D eigenvalue weighted by atomic mass is 9.98. The largest absolute Gasteiger partial charge is 0.475 e. The number of nitrogens with zero attached hydrogens (tertiary/aromatic N) is 3. The summed E-state index contributed by atoms with van der Waals surface area (Å²) in [5, 5.41) is 0. The highest BCUT2D eigenvalue weighted by atomic mass is 16.5. The van der Waals surface area contributed by atoms with E-state index >= 15 is 0 Å². The summed E-state index contributed by atoms with van der Waals surface area (Å²) in [4.78, 5) is 15.3. The molecule has 7 rings (SSSR count). The maximum atomic E-state index is 6.25. The molecule has 0 saturated carbocycles. The first-order valence-corrected chi connectivity index (χ1v) is 13.5. The van der Waals surface area contributed by atoms with Crippen molar-refractivity contribution in [3.63, 3.8) is 0 Å². The van der Waals surface area contributed by atoms with Crippen LogP contribution in [0.25, 0.3) is 22.5 Å². The van der Waals surface area contributed by atoms with Gasteiger partial charge in [-0.3, -0.25) is 0 Å². The molecule has 0 N–H and O–H groups in total. The summed E-state index contributed by atoms with van der Waals surface area (Å²) in [6.45, 7) is 0.966. The van der Waals surface area contributed by atoms with E-state index in [1.807, 2.05) is 72.8 Å². The molecule has 2 aliphatic rings. The van der Waals surface area contributed by atoms with Crippen LogP contribution >= 0.6 is 0 Å². The summed E-state index contributed by atoms with van der Waals surface area (Å²) < 4.78 is 12.5. The lowest BCUT2D eigenvalue weighted by Crippen LogP contribution is -2.12. The second-order valence-electron chi connectivity index (χ2n) is 9.86. The van der Waals surface area contributed by atoms with Gasteiger partial charge in [0.1, 0.15) is 25.3 Å². The Morgan fingerprint density at radius 1 is 0.475 bits per heavy atom. The summed E-state index contributed by atoms with van der Waals surface area (Å²) in [5.74, 6) is 1.17. The smallest absolute Gasteiger partial charge is 0.219 e. The van der Waals surface area contributed by atoms with Crippen molar-refractivity contribution in [2.75, 3.05) is 13.2 Å². The molecule has 2 aliphatic heterocycles. The Morgan fingerprint density at radius 3 is 1.25 bits per heavy atom. The van der Waals surface area contributed by atoms with E-state index in [0.29, 0.717) is 25.0 Å². The number of aromatic nitrogens is 1. The molecule has 0 saturated heterocycles. The standard InChI is InChI=1S/C35H27N3O2/c1-5-13-24(14-6-1)30-22-39-34(36-30)28-21-29(35-37-31(23-40-35)25-15-7-2-8-16-25)33(27-19-11-4-12-20-27)38-32(28)26-17-9-3-10-18-26/h1-21,30-31H,22-23H2/t30-,31-/m0/s1. The second kappa shape index (κ2) is 10.6. The lowest BCUT2D eigenvalue weighted by molar-refractivity contribution is 0.319. The van der Waals surface area contributed by atoms with Crippen LogP contribution in [-0.4, -0.2) is 30.0 Å². The van der Waals surface area contributed by atoms with E-state index in [0.717, 1.165) is 44.8 Å². The van der Waals surface area contributed by atoms with Crippen molar-refractivity contribution in [3.05, 3.63) is 150 Å². The van der Waals surface area contributed by atoms with Gasteiger partial charge in [-0.15, -0.1) is 0 Å². The van der Waals surface area contributed by atoms with Crippen molar-refractivity contribution in [2.45, 2.75) is 12.1 Å². The number of hydrogen-bond donors (Lipinski definition) is 0. The van der Waals surface area contributed by atoms with Crippen molar-refractivity contribution in [1.82, 2.24) is 4.98 Å². The zero-order valence-corrected chi connectivity index (χ0v) is 21.9. The van der Waals surface area contributed by atoms with Gasteiger partial charge < -0.3 is 9.47 Å². The van der Waals surface area contributed by atoms with Crippen LogP contribution in [0.5, 0.6) is 0 Å². The van der Waals surface area contributed by atoms with Gasteiger partial charge >= 0.3 is 0 Å². The Labute approximate surface area is 233 Å². The van der Waals surface area contributed by atoms with Crippen molar-refractivity contribution in [3.8, 4) is 22.5 Å². The Hall–Kier alpha value is -5.03. The Bertz CT molecular complexity index is 1560. The van der Waals surface area contributed by atoms with Crippen LogP contribution in [0, 0.1) is 0 Å². The third kappa shape index (κ3) is 4.67. The maximum Gasteiger partial charge on any atom is 0.219 e.